The van der Waals surface area contributed by atoms with Crippen LogP contribution in [0.15, 0.2) is 59.2 Å². The number of nitrogens with zero attached hydrogens (tertiary/aromatic N) is 1. The third-order valence-corrected chi connectivity index (χ3v) is 3.94. The van der Waals surface area contributed by atoms with Crippen LogP contribution in [0.4, 0.5) is 5.69 Å². The topological polar surface area (TPSA) is 94.1 Å². The van der Waals surface area contributed by atoms with Gasteiger partial charge >= 0.3 is 11.9 Å². The third-order valence-electron chi connectivity index (χ3n) is 3.94. The third kappa shape index (κ3) is 5.38. The van der Waals surface area contributed by atoms with E-state index in [0.717, 1.165) is 12.0 Å². The van der Waals surface area contributed by atoms with Crippen LogP contribution < -0.4 is 10.1 Å². The van der Waals surface area contributed by atoms with Gasteiger partial charge in [0, 0.05) is 24.6 Å². The van der Waals surface area contributed by atoms with E-state index in [2.05, 4.69) is 10.3 Å². The van der Waals surface area contributed by atoms with E-state index in [-0.39, 0.29) is 23.5 Å². The van der Waals surface area contributed by atoms with Crippen molar-refractivity contribution in [3.8, 4) is 5.75 Å². The molecule has 0 radical (unpaired) electrons. The van der Waals surface area contributed by atoms with Crippen LogP contribution >= 0.6 is 0 Å². The van der Waals surface area contributed by atoms with Crippen molar-refractivity contribution in [2.24, 2.45) is 4.99 Å². The van der Waals surface area contributed by atoms with Gasteiger partial charge in [-0.05, 0) is 54.5 Å². The van der Waals surface area contributed by atoms with Crippen LogP contribution in [0.3, 0.4) is 0 Å². The summed E-state index contributed by atoms with van der Waals surface area (Å²) in [4.78, 5) is 39.0. The Bertz CT molecular complexity index is 989. The first-order valence-electron chi connectivity index (χ1n) is 9.16. The van der Waals surface area contributed by atoms with Crippen molar-refractivity contribution in [1.82, 2.24) is 0 Å². The number of amides is 1. The standard InChI is InChI=1S/C22H20N2O5/c1-3-4-20(26)28-18-11-5-15(6-12-18)13-19-22(27)29-21(24-19)16-7-9-17(10-8-16)23-14(2)25/h5-13H,3-4H2,1-2H3,(H,23,25)/b19-13-. The average molecular weight is 392 g/mol. The highest BCUT2D eigenvalue weighted by Crippen LogP contribution is 2.21. The Morgan fingerprint density at radius 3 is 2.41 bits per heavy atom. The molecule has 0 aromatic heterocycles. The van der Waals surface area contributed by atoms with Crippen LogP contribution in [0.25, 0.3) is 6.08 Å². The highest BCUT2D eigenvalue weighted by Gasteiger charge is 2.24. The van der Waals surface area contributed by atoms with Crippen LogP contribution in [-0.4, -0.2) is 23.7 Å². The van der Waals surface area contributed by atoms with Crippen molar-refractivity contribution >= 4 is 35.5 Å². The van der Waals surface area contributed by atoms with Crippen molar-refractivity contribution in [3.05, 3.63) is 65.4 Å². The SMILES string of the molecule is CCCC(=O)Oc1ccc(/C=C2\N=C(c3ccc(NC(C)=O)cc3)OC2=O)cc1. The highest BCUT2D eigenvalue weighted by atomic mass is 16.6. The first kappa shape index (κ1) is 20.0. The smallest absolute Gasteiger partial charge is 0.363 e. The number of nitrogens with one attached hydrogen (secondary N) is 1. The molecular formula is C22H20N2O5. The average Bonchev–Trinajstić information content (AvgIpc) is 3.04. The van der Waals surface area contributed by atoms with Crippen molar-refractivity contribution in [1.29, 1.82) is 0 Å². The fourth-order valence-corrected chi connectivity index (χ4v) is 2.61. The Morgan fingerprint density at radius 1 is 1.10 bits per heavy atom. The summed E-state index contributed by atoms with van der Waals surface area (Å²) in [6.45, 7) is 3.33. The largest absolute Gasteiger partial charge is 0.427 e. The number of esters is 2. The predicted octanol–water partition coefficient (Wildman–Crippen LogP) is 3.70. The lowest BCUT2D eigenvalue weighted by atomic mass is 10.2. The van der Waals surface area contributed by atoms with Crippen molar-refractivity contribution in [2.45, 2.75) is 26.7 Å². The highest BCUT2D eigenvalue weighted by molar-refractivity contribution is 6.13. The molecule has 7 nitrogen and oxygen atoms in total. The first-order chi connectivity index (χ1) is 13.9. The van der Waals surface area contributed by atoms with Gasteiger partial charge in [0.05, 0.1) is 0 Å². The minimum Gasteiger partial charge on any atom is -0.427 e. The van der Waals surface area contributed by atoms with E-state index in [1.54, 1.807) is 54.6 Å². The molecule has 2 aromatic carbocycles. The molecule has 0 spiro atoms. The van der Waals surface area contributed by atoms with Gasteiger partial charge in [-0.2, -0.15) is 0 Å². The Hall–Kier alpha value is -3.74. The molecule has 7 heteroatoms. The van der Waals surface area contributed by atoms with Gasteiger partial charge in [-0.25, -0.2) is 9.79 Å². The second kappa shape index (κ2) is 8.97. The van der Waals surface area contributed by atoms with Crippen LogP contribution in [0.5, 0.6) is 5.75 Å². The Labute approximate surface area is 168 Å². The molecule has 29 heavy (non-hydrogen) atoms. The van der Waals surface area contributed by atoms with Gasteiger partial charge in [-0.1, -0.05) is 19.1 Å². The van der Waals surface area contributed by atoms with E-state index in [4.69, 9.17) is 9.47 Å². The predicted molar refractivity (Wildman–Crippen MR) is 108 cm³/mol. The summed E-state index contributed by atoms with van der Waals surface area (Å²) in [7, 11) is 0. The monoisotopic (exact) mass is 392 g/mol. The zero-order valence-electron chi connectivity index (χ0n) is 16.1. The quantitative estimate of drug-likeness (QED) is 0.460. The van der Waals surface area contributed by atoms with Crippen molar-refractivity contribution in [2.75, 3.05) is 5.32 Å². The molecule has 0 aliphatic carbocycles. The minimum atomic E-state index is -0.551. The molecular weight excluding hydrogens is 372 g/mol. The summed E-state index contributed by atoms with van der Waals surface area (Å²) in [6, 6.07) is 13.6. The van der Waals surface area contributed by atoms with E-state index in [1.807, 2.05) is 6.92 Å². The van der Waals surface area contributed by atoms with Gasteiger partial charge < -0.3 is 14.8 Å². The van der Waals surface area contributed by atoms with Crippen LogP contribution in [0.2, 0.25) is 0 Å². The minimum absolute atomic E-state index is 0.168. The summed E-state index contributed by atoms with van der Waals surface area (Å²) in [5.74, 6) is -0.358. The summed E-state index contributed by atoms with van der Waals surface area (Å²) in [5, 5.41) is 2.67. The van der Waals surface area contributed by atoms with Crippen LogP contribution in [0.1, 0.15) is 37.8 Å². The Morgan fingerprint density at radius 2 is 1.79 bits per heavy atom. The fraction of sp³-hybridized carbons (Fsp3) is 0.182. The lowest BCUT2D eigenvalue weighted by molar-refractivity contribution is -0.134. The molecule has 2 aromatic rings. The molecule has 0 bridgehead atoms. The van der Waals surface area contributed by atoms with Gasteiger partial charge in [0.2, 0.25) is 11.8 Å². The molecule has 1 heterocycles. The van der Waals surface area contributed by atoms with Crippen LogP contribution in [0, 0.1) is 0 Å². The molecule has 0 atom stereocenters. The summed E-state index contributed by atoms with van der Waals surface area (Å²) in [5.41, 5.74) is 2.15. The summed E-state index contributed by atoms with van der Waals surface area (Å²) < 4.78 is 10.4. The van der Waals surface area contributed by atoms with Gasteiger partial charge in [0.1, 0.15) is 5.75 Å². The zero-order chi connectivity index (χ0) is 20.8. The lowest BCUT2D eigenvalue weighted by Gasteiger charge is -2.03. The van der Waals surface area contributed by atoms with E-state index < -0.39 is 5.97 Å². The Kier molecular flexibility index (Phi) is 6.19. The van der Waals surface area contributed by atoms with Gasteiger partial charge in [-0.15, -0.1) is 0 Å². The van der Waals surface area contributed by atoms with E-state index in [9.17, 15) is 14.4 Å². The van der Waals surface area contributed by atoms with Crippen LogP contribution in [-0.2, 0) is 19.1 Å². The lowest BCUT2D eigenvalue weighted by Crippen LogP contribution is -2.07. The van der Waals surface area contributed by atoms with E-state index in [1.165, 1.54) is 6.92 Å². The Balaban J connectivity index is 1.72. The molecule has 0 unspecified atom stereocenters. The number of hydrogen-bond donors (Lipinski definition) is 1. The number of benzene rings is 2. The maximum absolute atomic E-state index is 12.1. The fourth-order valence-electron chi connectivity index (χ4n) is 2.61. The van der Waals surface area contributed by atoms with E-state index >= 15 is 0 Å². The molecule has 1 aliphatic rings. The van der Waals surface area contributed by atoms with Gasteiger partial charge in [0.15, 0.2) is 5.70 Å². The number of cyclic esters (lactones) is 1. The molecule has 1 N–H and O–H groups in total. The number of aliphatic imine (C=N–C) groups is 1. The number of hydrogen-bond acceptors (Lipinski definition) is 6. The summed E-state index contributed by atoms with van der Waals surface area (Å²) in [6.07, 6.45) is 2.68. The molecule has 148 valence electrons. The van der Waals surface area contributed by atoms with E-state index in [0.29, 0.717) is 23.4 Å². The zero-order valence-corrected chi connectivity index (χ0v) is 16.1. The molecule has 0 saturated carbocycles. The van der Waals surface area contributed by atoms with Gasteiger partial charge in [0.25, 0.3) is 0 Å². The molecule has 0 fully saturated rings. The van der Waals surface area contributed by atoms with Crippen molar-refractivity contribution < 1.29 is 23.9 Å². The molecule has 3 rings (SSSR count). The molecule has 1 amide bonds. The normalized spacial score (nSPS) is 14.3. The maximum Gasteiger partial charge on any atom is 0.363 e. The summed E-state index contributed by atoms with van der Waals surface area (Å²) >= 11 is 0. The number of ether oxygens (including phenoxy) is 2. The van der Waals surface area contributed by atoms with Gasteiger partial charge in [-0.3, -0.25) is 9.59 Å². The second-order valence-electron chi connectivity index (χ2n) is 6.39. The maximum atomic E-state index is 12.1. The number of anilines is 1. The first-order valence-corrected chi connectivity index (χ1v) is 9.16. The number of carbonyl (C=O) groups is 3. The van der Waals surface area contributed by atoms with Crippen molar-refractivity contribution in [3.63, 3.8) is 0 Å². The molecule has 1 aliphatic heterocycles. The number of rotatable bonds is 6. The molecule has 0 saturated heterocycles. The second-order valence-corrected chi connectivity index (χ2v) is 6.39. The number of carbonyl (C=O) groups excluding carboxylic acids is 3.